The maximum Gasteiger partial charge on any atom is 0.319 e. The van der Waals surface area contributed by atoms with Gasteiger partial charge in [0, 0.05) is 63.4 Å². The number of thioether (sulfide) groups is 1. The van der Waals surface area contributed by atoms with Crippen LogP contribution >= 0.6 is 11.8 Å². The molecular weight excluding hydrogens is 493 g/mol. The van der Waals surface area contributed by atoms with Crippen molar-refractivity contribution in [1.82, 2.24) is 20.6 Å². The first-order valence-corrected chi connectivity index (χ1v) is 13.3. The number of hydrogen-bond acceptors (Lipinski definition) is 7. The van der Waals surface area contributed by atoms with Crippen molar-refractivity contribution in [3.63, 3.8) is 0 Å². The van der Waals surface area contributed by atoms with Crippen LogP contribution in [0, 0.1) is 11.7 Å². The zero-order valence-corrected chi connectivity index (χ0v) is 21.4. The highest BCUT2D eigenvalue weighted by Crippen LogP contribution is 2.50. The molecule has 1 atom stereocenters. The van der Waals surface area contributed by atoms with E-state index < -0.39 is 5.82 Å². The summed E-state index contributed by atoms with van der Waals surface area (Å²) >= 11 is 1.63. The van der Waals surface area contributed by atoms with Crippen LogP contribution in [0.4, 0.5) is 14.9 Å². The zero-order valence-electron chi connectivity index (χ0n) is 20.6. The van der Waals surface area contributed by atoms with Crippen LogP contribution < -0.4 is 20.7 Å². The van der Waals surface area contributed by atoms with Gasteiger partial charge in [-0.2, -0.15) is 0 Å². The summed E-state index contributed by atoms with van der Waals surface area (Å²) in [6.45, 7) is 2.84. The Bertz CT molecular complexity index is 1240. The number of nitrogens with zero attached hydrogens (tertiary/aromatic N) is 2. The molecule has 0 saturated heterocycles. The molecule has 3 heterocycles. The molecule has 37 heavy (non-hydrogen) atoms. The van der Waals surface area contributed by atoms with Crippen molar-refractivity contribution in [2.45, 2.75) is 36.0 Å². The minimum atomic E-state index is -0.554. The van der Waals surface area contributed by atoms with Gasteiger partial charge < -0.3 is 25.4 Å². The number of hydrogen-bond donors (Lipinski definition) is 3. The van der Waals surface area contributed by atoms with Crippen molar-refractivity contribution in [2.24, 2.45) is 5.92 Å². The van der Waals surface area contributed by atoms with Gasteiger partial charge in [-0.05, 0) is 42.5 Å². The number of carbonyl (C=O) groups excluding carboxylic acids is 1. The normalized spacial score (nSPS) is 16.3. The minimum Gasteiger partial charge on any atom is -0.453 e. The van der Waals surface area contributed by atoms with Crippen LogP contribution in [-0.4, -0.2) is 42.8 Å². The lowest BCUT2D eigenvalue weighted by atomic mass is 10.1. The largest absolute Gasteiger partial charge is 0.453 e. The third-order valence-corrected chi connectivity index (χ3v) is 7.59. The first kappa shape index (κ1) is 25.4. The number of pyridine rings is 2. The highest BCUT2D eigenvalue weighted by molar-refractivity contribution is 8.00. The predicted octanol–water partition coefficient (Wildman–Crippen LogP) is 5.07. The van der Waals surface area contributed by atoms with Gasteiger partial charge in [-0.3, -0.25) is 9.97 Å². The molecule has 0 bridgehead atoms. The highest BCUT2D eigenvalue weighted by atomic mass is 32.2. The van der Waals surface area contributed by atoms with Crippen LogP contribution in [0.15, 0.2) is 53.7 Å². The second kappa shape index (κ2) is 11.9. The average Bonchev–Trinajstić information content (AvgIpc) is 3.63. The number of halogens is 1. The molecule has 1 aliphatic heterocycles. The van der Waals surface area contributed by atoms with Crippen LogP contribution in [0.3, 0.4) is 0 Å². The average molecular weight is 524 g/mol. The SMILES string of the molecule is COCCNCc1ccc(C2Cc3nccc(Oc4ccc(NC(=O)NCC5CC5)cc4F)c3S2)nc1. The molecule has 1 aromatic carbocycles. The van der Waals surface area contributed by atoms with E-state index >= 15 is 0 Å². The van der Waals surface area contributed by atoms with Crippen LogP contribution in [0.25, 0.3) is 0 Å². The van der Waals surface area contributed by atoms with Crippen LogP contribution in [-0.2, 0) is 17.7 Å². The summed E-state index contributed by atoms with van der Waals surface area (Å²) in [4.78, 5) is 22.1. The Kier molecular flexibility index (Phi) is 8.18. The summed E-state index contributed by atoms with van der Waals surface area (Å²) in [6.07, 6.45) is 6.58. The van der Waals surface area contributed by atoms with Crippen molar-refractivity contribution in [2.75, 3.05) is 32.1 Å². The summed E-state index contributed by atoms with van der Waals surface area (Å²) in [6, 6.07) is 9.95. The molecule has 2 aliphatic rings. The molecule has 5 rings (SSSR count). The molecule has 10 heteroatoms. The summed E-state index contributed by atoms with van der Waals surface area (Å²) < 4.78 is 25.8. The lowest BCUT2D eigenvalue weighted by Crippen LogP contribution is -2.30. The van der Waals surface area contributed by atoms with E-state index in [2.05, 4.69) is 32.0 Å². The number of ether oxygens (including phenoxy) is 2. The number of anilines is 1. The van der Waals surface area contributed by atoms with Crippen molar-refractivity contribution < 1.29 is 18.7 Å². The van der Waals surface area contributed by atoms with Gasteiger partial charge in [-0.15, -0.1) is 11.8 Å². The number of benzene rings is 1. The fourth-order valence-electron chi connectivity index (χ4n) is 4.00. The van der Waals surface area contributed by atoms with Crippen LogP contribution in [0.5, 0.6) is 11.5 Å². The smallest absolute Gasteiger partial charge is 0.319 e. The third-order valence-electron chi connectivity index (χ3n) is 6.23. The van der Waals surface area contributed by atoms with Gasteiger partial charge in [-0.25, -0.2) is 9.18 Å². The van der Waals surface area contributed by atoms with Gasteiger partial charge in [-0.1, -0.05) is 6.07 Å². The van der Waals surface area contributed by atoms with Crippen molar-refractivity contribution >= 4 is 23.5 Å². The summed E-state index contributed by atoms with van der Waals surface area (Å²) in [5.41, 5.74) is 3.36. The Labute approximate surface area is 219 Å². The van der Waals surface area contributed by atoms with E-state index in [-0.39, 0.29) is 17.0 Å². The fraction of sp³-hybridized carbons (Fsp3) is 0.370. The molecule has 8 nitrogen and oxygen atoms in total. The number of aromatic nitrogens is 2. The van der Waals surface area contributed by atoms with Gasteiger partial charge >= 0.3 is 6.03 Å². The molecular formula is C27H30FN5O3S. The Morgan fingerprint density at radius 2 is 2.05 bits per heavy atom. The summed E-state index contributed by atoms with van der Waals surface area (Å²) in [5.74, 6) is 0.658. The monoisotopic (exact) mass is 523 g/mol. The van der Waals surface area contributed by atoms with Crippen molar-refractivity contribution in [3.05, 3.63) is 71.6 Å². The highest BCUT2D eigenvalue weighted by Gasteiger charge is 2.29. The molecule has 194 valence electrons. The standard InChI is InChI=1S/C27H30FN5O3S/c1-35-11-10-29-14-18-4-6-21(31-16-18)25-13-22-26(37-25)24(8-9-30-22)36-23-7-5-19(12-20(23)28)33-27(34)32-15-17-2-3-17/h4-9,12,16-17,25,29H,2-3,10-11,13-15H2,1H3,(H2,32,33,34). The van der Waals surface area contributed by atoms with Crippen LogP contribution in [0.1, 0.15) is 35.0 Å². The van der Waals surface area contributed by atoms with Gasteiger partial charge in [0.05, 0.1) is 28.1 Å². The van der Waals surface area contributed by atoms with E-state index in [1.807, 2.05) is 12.3 Å². The van der Waals surface area contributed by atoms with E-state index in [0.717, 1.165) is 54.2 Å². The Balaban J connectivity index is 1.20. The molecule has 2 amide bonds. The maximum atomic E-state index is 14.8. The Morgan fingerprint density at radius 1 is 1.16 bits per heavy atom. The zero-order chi connectivity index (χ0) is 25.6. The summed E-state index contributed by atoms with van der Waals surface area (Å²) in [5, 5.41) is 8.89. The molecule has 1 unspecified atom stereocenters. The topological polar surface area (TPSA) is 97.4 Å². The molecule has 0 spiro atoms. The molecule has 2 aromatic heterocycles. The molecule has 3 N–H and O–H groups in total. The quantitative estimate of drug-likeness (QED) is 0.302. The van der Waals surface area contributed by atoms with E-state index in [4.69, 9.17) is 9.47 Å². The first-order chi connectivity index (χ1) is 18.1. The molecule has 1 aliphatic carbocycles. The Hall–Kier alpha value is -3.21. The summed E-state index contributed by atoms with van der Waals surface area (Å²) in [7, 11) is 1.68. The van der Waals surface area contributed by atoms with E-state index in [9.17, 15) is 9.18 Å². The minimum absolute atomic E-state index is 0.0878. The molecule has 3 aromatic rings. The van der Waals surface area contributed by atoms with Gasteiger partial charge in [0.15, 0.2) is 11.6 Å². The van der Waals surface area contributed by atoms with Gasteiger partial charge in [0.2, 0.25) is 0 Å². The number of fused-ring (bicyclic) bond motifs is 1. The van der Waals surface area contributed by atoms with Crippen molar-refractivity contribution in [1.29, 1.82) is 0 Å². The lowest BCUT2D eigenvalue weighted by molar-refractivity contribution is 0.199. The second-order valence-corrected chi connectivity index (χ2v) is 10.4. The molecule has 0 radical (unpaired) electrons. The van der Waals surface area contributed by atoms with E-state index in [1.54, 1.807) is 37.2 Å². The number of nitrogens with one attached hydrogen (secondary N) is 3. The predicted molar refractivity (Wildman–Crippen MR) is 141 cm³/mol. The van der Waals surface area contributed by atoms with Gasteiger partial charge in [0.1, 0.15) is 5.75 Å². The van der Waals surface area contributed by atoms with Gasteiger partial charge in [0.25, 0.3) is 0 Å². The molecule has 1 fully saturated rings. The van der Waals surface area contributed by atoms with Crippen LogP contribution in [0.2, 0.25) is 0 Å². The second-order valence-electron chi connectivity index (χ2n) is 9.18. The van der Waals surface area contributed by atoms with E-state index in [0.29, 0.717) is 30.5 Å². The lowest BCUT2D eigenvalue weighted by Gasteiger charge is -2.12. The number of methoxy groups -OCH3 is 1. The first-order valence-electron chi connectivity index (χ1n) is 12.4. The third kappa shape index (κ3) is 6.76. The fourth-order valence-corrected chi connectivity index (χ4v) is 5.28. The Morgan fingerprint density at radius 3 is 2.81 bits per heavy atom. The molecule has 1 saturated carbocycles. The maximum absolute atomic E-state index is 14.8. The number of urea groups is 1. The number of rotatable bonds is 11. The van der Waals surface area contributed by atoms with E-state index in [1.165, 1.54) is 12.1 Å². The number of carbonyl (C=O) groups is 1. The number of amides is 2. The van der Waals surface area contributed by atoms with Crippen molar-refractivity contribution in [3.8, 4) is 11.5 Å².